The Labute approximate surface area is 126 Å². The molecule has 2 nitrogen and oxygen atoms in total. The van der Waals surface area contributed by atoms with Crippen LogP contribution in [0.5, 0.6) is 0 Å². The standard InChI is InChI=1S/C17H15FN2S/c18-11-4-6-12(7-5-11)21-16-3-1-2-13-14-10-19-9-8-15(14)20-17(13)16/h1-7,19-20H,8-10H2. The lowest BCUT2D eigenvalue weighted by Crippen LogP contribution is -2.22. The molecule has 0 unspecified atom stereocenters. The van der Waals surface area contributed by atoms with Crippen molar-refractivity contribution < 1.29 is 4.39 Å². The second-order valence-corrected chi connectivity index (χ2v) is 6.36. The number of hydrogen-bond acceptors (Lipinski definition) is 2. The van der Waals surface area contributed by atoms with E-state index in [1.165, 1.54) is 39.2 Å². The summed E-state index contributed by atoms with van der Waals surface area (Å²) in [6.45, 7) is 1.96. The summed E-state index contributed by atoms with van der Waals surface area (Å²) in [5, 5.41) is 4.72. The van der Waals surface area contributed by atoms with E-state index in [0.717, 1.165) is 24.4 Å². The smallest absolute Gasteiger partial charge is 0.123 e. The van der Waals surface area contributed by atoms with Gasteiger partial charge < -0.3 is 10.3 Å². The number of para-hydroxylation sites is 1. The Bertz CT molecular complexity index is 792. The highest BCUT2D eigenvalue weighted by atomic mass is 32.2. The van der Waals surface area contributed by atoms with Crippen LogP contribution < -0.4 is 5.32 Å². The molecule has 0 amide bonds. The molecule has 0 aliphatic carbocycles. The Morgan fingerprint density at radius 2 is 1.90 bits per heavy atom. The van der Waals surface area contributed by atoms with Crippen LogP contribution in [0.15, 0.2) is 52.3 Å². The lowest BCUT2D eigenvalue weighted by atomic mass is 10.1. The van der Waals surface area contributed by atoms with Gasteiger partial charge in [0.05, 0.1) is 5.52 Å². The van der Waals surface area contributed by atoms with E-state index in [4.69, 9.17) is 0 Å². The molecule has 0 saturated heterocycles. The number of H-pyrrole nitrogens is 1. The third-order valence-corrected chi connectivity index (χ3v) is 4.95. The van der Waals surface area contributed by atoms with Gasteiger partial charge in [-0.15, -0.1) is 0 Å². The largest absolute Gasteiger partial charge is 0.357 e. The number of aromatic amines is 1. The van der Waals surface area contributed by atoms with Gasteiger partial charge in [0.25, 0.3) is 0 Å². The third kappa shape index (κ3) is 2.34. The van der Waals surface area contributed by atoms with Crippen LogP contribution in [-0.2, 0) is 13.0 Å². The lowest BCUT2D eigenvalue weighted by Gasteiger charge is -2.12. The fourth-order valence-electron chi connectivity index (χ4n) is 2.86. The van der Waals surface area contributed by atoms with Crippen molar-refractivity contribution in [1.82, 2.24) is 10.3 Å². The van der Waals surface area contributed by atoms with Gasteiger partial charge in [0.1, 0.15) is 5.82 Å². The molecule has 1 aliphatic rings. The van der Waals surface area contributed by atoms with Crippen molar-refractivity contribution in [2.45, 2.75) is 22.8 Å². The number of nitrogens with one attached hydrogen (secondary N) is 2. The monoisotopic (exact) mass is 298 g/mol. The molecule has 0 atom stereocenters. The van der Waals surface area contributed by atoms with Gasteiger partial charge in [-0.05, 0) is 35.9 Å². The van der Waals surface area contributed by atoms with Crippen molar-refractivity contribution >= 4 is 22.7 Å². The summed E-state index contributed by atoms with van der Waals surface area (Å²) in [7, 11) is 0. The lowest BCUT2D eigenvalue weighted by molar-refractivity contribution is 0.626. The molecule has 1 aliphatic heterocycles. The van der Waals surface area contributed by atoms with Crippen LogP contribution in [0.2, 0.25) is 0 Å². The van der Waals surface area contributed by atoms with Gasteiger partial charge in [0, 0.05) is 40.4 Å². The zero-order valence-electron chi connectivity index (χ0n) is 11.4. The zero-order valence-corrected chi connectivity index (χ0v) is 12.3. The second kappa shape index (κ2) is 5.20. The van der Waals surface area contributed by atoms with E-state index in [2.05, 4.69) is 28.5 Å². The topological polar surface area (TPSA) is 27.8 Å². The summed E-state index contributed by atoms with van der Waals surface area (Å²) in [4.78, 5) is 5.82. The summed E-state index contributed by atoms with van der Waals surface area (Å²) >= 11 is 1.67. The number of benzene rings is 2. The fraction of sp³-hybridized carbons (Fsp3) is 0.176. The van der Waals surface area contributed by atoms with Crippen molar-refractivity contribution in [3.8, 4) is 0 Å². The van der Waals surface area contributed by atoms with Gasteiger partial charge in [0.15, 0.2) is 0 Å². The van der Waals surface area contributed by atoms with Gasteiger partial charge in [-0.3, -0.25) is 0 Å². The minimum Gasteiger partial charge on any atom is -0.357 e. The fourth-order valence-corrected chi connectivity index (χ4v) is 3.79. The highest BCUT2D eigenvalue weighted by Gasteiger charge is 2.16. The van der Waals surface area contributed by atoms with Crippen LogP contribution in [-0.4, -0.2) is 11.5 Å². The molecular formula is C17H15FN2S. The predicted molar refractivity (Wildman–Crippen MR) is 84.2 cm³/mol. The minimum absolute atomic E-state index is 0.195. The molecule has 0 saturated carbocycles. The number of rotatable bonds is 2. The molecule has 4 rings (SSSR count). The summed E-state index contributed by atoms with van der Waals surface area (Å²) < 4.78 is 13.0. The second-order valence-electron chi connectivity index (χ2n) is 5.24. The molecule has 4 heteroatoms. The molecule has 2 heterocycles. The first-order chi connectivity index (χ1) is 10.3. The maximum atomic E-state index is 13.0. The van der Waals surface area contributed by atoms with Gasteiger partial charge in [0.2, 0.25) is 0 Å². The van der Waals surface area contributed by atoms with Crippen LogP contribution in [0.3, 0.4) is 0 Å². The SMILES string of the molecule is Fc1ccc(Sc2cccc3c4c([nH]c23)CCNC4)cc1. The number of hydrogen-bond donors (Lipinski definition) is 2. The van der Waals surface area contributed by atoms with Crippen LogP contribution in [0, 0.1) is 5.82 Å². The first-order valence-corrected chi connectivity index (χ1v) is 7.89. The highest BCUT2D eigenvalue weighted by molar-refractivity contribution is 7.99. The Balaban J connectivity index is 1.78. The zero-order chi connectivity index (χ0) is 14.2. The van der Waals surface area contributed by atoms with Crippen LogP contribution >= 0.6 is 11.8 Å². The predicted octanol–water partition coefficient (Wildman–Crippen LogP) is 4.10. The number of fused-ring (bicyclic) bond motifs is 3. The summed E-state index contributed by atoms with van der Waals surface area (Å²) in [5.41, 5.74) is 3.93. The van der Waals surface area contributed by atoms with Crippen molar-refractivity contribution in [2.75, 3.05) is 6.54 Å². The van der Waals surface area contributed by atoms with E-state index in [0.29, 0.717) is 0 Å². The molecule has 3 aromatic rings. The van der Waals surface area contributed by atoms with Crippen LogP contribution in [0.25, 0.3) is 10.9 Å². The molecule has 2 N–H and O–H groups in total. The molecule has 1 aromatic heterocycles. The third-order valence-electron chi connectivity index (χ3n) is 3.89. The van der Waals surface area contributed by atoms with Gasteiger partial charge >= 0.3 is 0 Å². The van der Waals surface area contributed by atoms with Crippen molar-refractivity contribution in [1.29, 1.82) is 0 Å². The average Bonchev–Trinajstić information content (AvgIpc) is 2.89. The van der Waals surface area contributed by atoms with E-state index in [-0.39, 0.29) is 5.82 Å². The van der Waals surface area contributed by atoms with Gasteiger partial charge in [-0.1, -0.05) is 23.9 Å². The summed E-state index contributed by atoms with van der Waals surface area (Å²) in [6.07, 6.45) is 1.05. The Kier molecular flexibility index (Phi) is 3.20. The van der Waals surface area contributed by atoms with Crippen molar-refractivity contribution in [3.63, 3.8) is 0 Å². The normalized spacial score (nSPS) is 14.3. The molecule has 21 heavy (non-hydrogen) atoms. The number of aromatic nitrogens is 1. The van der Waals surface area contributed by atoms with Crippen molar-refractivity contribution in [3.05, 3.63) is 59.5 Å². The van der Waals surface area contributed by atoms with Crippen molar-refractivity contribution in [2.24, 2.45) is 0 Å². The van der Waals surface area contributed by atoms with Gasteiger partial charge in [-0.25, -0.2) is 4.39 Å². The molecular weight excluding hydrogens is 283 g/mol. The maximum Gasteiger partial charge on any atom is 0.123 e. The Hall–Kier alpha value is -1.78. The first kappa shape index (κ1) is 12.9. The van der Waals surface area contributed by atoms with E-state index < -0.39 is 0 Å². The molecule has 0 bridgehead atoms. The maximum absolute atomic E-state index is 13.0. The minimum atomic E-state index is -0.195. The van der Waals surface area contributed by atoms with E-state index >= 15 is 0 Å². The summed E-state index contributed by atoms with van der Waals surface area (Å²) in [5.74, 6) is -0.195. The highest BCUT2D eigenvalue weighted by Crippen LogP contribution is 2.35. The van der Waals surface area contributed by atoms with Crippen LogP contribution in [0.4, 0.5) is 4.39 Å². The van der Waals surface area contributed by atoms with E-state index in [9.17, 15) is 4.39 Å². The Morgan fingerprint density at radius 3 is 2.76 bits per heavy atom. The summed E-state index contributed by atoms with van der Waals surface area (Å²) in [6, 6.07) is 13.0. The van der Waals surface area contributed by atoms with E-state index in [1.54, 1.807) is 11.8 Å². The first-order valence-electron chi connectivity index (χ1n) is 7.08. The molecule has 2 aromatic carbocycles. The van der Waals surface area contributed by atoms with Gasteiger partial charge in [-0.2, -0.15) is 0 Å². The Morgan fingerprint density at radius 1 is 1.05 bits per heavy atom. The quantitative estimate of drug-likeness (QED) is 0.745. The number of halogens is 1. The molecule has 106 valence electrons. The molecule has 0 radical (unpaired) electrons. The molecule has 0 fully saturated rings. The average molecular weight is 298 g/mol. The van der Waals surface area contributed by atoms with E-state index in [1.807, 2.05) is 12.1 Å². The van der Waals surface area contributed by atoms with Crippen LogP contribution in [0.1, 0.15) is 11.3 Å². The molecule has 0 spiro atoms.